The fourth-order valence-corrected chi connectivity index (χ4v) is 2.93. The number of anilines is 2. The van der Waals surface area contributed by atoms with Gasteiger partial charge in [-0.2, -0.15) is 0 Å². The second-order valence-electron chi connectivity index (χ2n) is 4.86. The first kappa shape index (κ1) is 16.7. The lowest BCUT2D eigenvalue weighted by Crippen LogP contribution is -2.19. The third kappa shape index (κ3) is 3.75. The first-order chi connectivity index (χ1) is 10.7. The number of benzene rings is 1. The third-order valence-electron chi connectivity index (χ3n) is 2.89. The van der Waals surface area contributed by atoms with Gasteiger partial charge in [0.1, 0.15) is 5.82 Å². The maximum atomic E-state index is 13.2. The molecule has 1 heterocycles. The number of aromatic carboxylic acids is 1. The first-order valence-corrected chi connectivity index (χ1v) is 7.88. The molecule has 0 unspecified atom stereocenters. The molecule has 0 aliphatic carbocycles. The van der Waals surface area contributed by atoms with E-state index in [2.05, 4.69) is 9.71 Å². The lowest BCUT2D eigenvalue weighted by Gasteiger charge is -2.17. The van der Waals surface area contributed by atoms with Crippen molar-refractivity contribution in [3.8, 4) is 0 Å². The van der Waals surface area contributed by atoms with Crippen molar-refractivity contribution in [3.63, 3.8) is 0 Å². The number of nitrogens with zero attached hydrogens (tertiary/aromatic N) is 2. The largest absolute Gasteiger partial charge is 0.478 e. The Labute approximate surface area is 132 Å². The van der Waals surface area contributed by atoms with E-state index in [1.807, 2.05) is 0 Å². The molecule has 0 amide bonds. The summed E-state index contributed by atoms with van der Waals surface area (Å²) in [6, 6.07) is 5.64. The van der Waals surface area contributed by atoms with Crippen LogP contribution in [0.5, 0.6) is 0 Å². The highest BCUT2D eigenvalue weighted by atomic mass is 32.2. The zero-order chi connectivity index (χ0) is 17.2. The topological polar surface area (TPSA) is 99.6 Å². The lowest BCUT2D eigenvalue weighted by molar-refractivity contribution is 0.0696. The summed E-state index contributed by atoms with van der Waals surface area (Å²) in [5, 5.41) is 9.01. The summed E-state index contributed by atoms with van der Waals surface area (Å²) in [7, 11) is -0.828. The SMILES string of the molecule is CN(C)c1ncc(C(=O)O)cc1NS(=O)(=O)c1cccc(F)c1. The van der Waals surface area contributed by atoms with Crippen LogP contribution in [0.2, 0.25) is 0 Å². The molecule has 0 bridgehead atoms. The van der Waals surface area contributed by atoms with Crippen molar-refractivity contribution in [3.05, 3.63) is 47.9 Å². The van der Waals surface area contributed by atoms with E-state index >= 15 is 0 Å². The first-order valence-electron chi connectivity index (χ1n) is 6.40. The van der Waals surface area contributed by atoms with E-state index in [9.17, 15) is 17.6 Å². The van der Waals surface area contributed by atoms with Gasteiger partial charge in [-0.1, -0.05) is 6.07 Å². The minimum absolute atomic E-state index is 0.0147. The van der Waals surface area contributed by atoms with Crippen LogP contribution < -0.4 is 9.62 Å². The van der Waals surface area contributed by atoms with Crippen LogP contribution in [0.1, 0.15) is 10.4 Å². The summed E-state index contributed by atoms with van der Waals surface area (Å²) in [4.78, 5) is 16.2. The number of halogens is 1. The molecular weight excluding hydrogens is 325 g/mol. The van der Waals surface area contributed by atoms with E-state index in [1.54, 1.807) is 14.1 Å². The van der Waals surface area contributed by atoms with E-state index in [0.29, 0.717) is 0 Å². The van der Waals surface area contributed by atoms with Gasteiger partial charge in [-0.15, -0.1) is 0 Å². The van der Waals surface area contributed by atoms with Crippen LogP contribution in [0.3, 0.4) is 0 Å². The standard InChI is InChI=1S/C14H14FN3O4S/c1-18(2)13-12(6-9(8-16-13)14(19)20)17-23(21,22)11-5-3-4-10(15)7-11/h3-8,17H,1-2H3,(H,19,20). The number of carboxylic acid groups (broad SMARTS) is 1. The van der Waals surface area contributed by atoms with Crippen molar-refractivity contribution in [1.82, 2.24) is 4.98 Å². The Morgan fingerprint density at radius 1 is 1.30 bits per heavy atom. The molecular formula is C14H14FN3O4S. The number of hydrogen-bond acceptors (Lipinski definition) is 5. The molecule has 0 saturated heterocycles. The maximum Gasteiger partial charge on any atom is 0.337 e. The molecule has 0 aliphatic rings. The Morgan fingerprint density at radius 3 is 2.57 bits per heavy atom. The van der Waals surface area contributed by atoms with Crippen molar-refractivity contribution in [2.24, 2.45) is 0 Å². The van der Waals surface area contributed by atoms with Gasteiger partial charge in [-0.25, -0.2) is 22.6 Å². The van der Waals surface area contributed by atoms with E-state index in [4.69, 9.17) is 5.11 Å². The van der Waals surface area contributed by atoms with Gasteiger partial charge in [-0.3, -0.25) is 4.72 Å². The van der Waals surface area contributed by atoms with Crippen LogP contribution >= 0.6 is 0 Å². The Kier molecular flexibility index (Phi) is 4.50. The fourth-order valence-electron chi connectivity index (χ4n) is 1.84. The van der Waals surface area contributed by atoms with Gasteiger partial charge in [0.15, 0.2) is 5.82 Å². The number of pyridine rings is 1. The summed E-state index contributed by atoms with van der Waals surface area (Å²) in [6.07, 6.45) is 1.12. The van der Waals surface area contributed by atoms with Crippen LogP contribution in [0.15, 0.2) is 41.4 Å². The number of hydrogen-bond donors (Lipinski definition) is 2. The van der Waals surface area contributed by atoms with Crippen LogP contribution in [-0.2, 0) is 10.0 Å². The number of nitrogens with one attached hydrogen (secondary N) is 1. The van der Waals surface area contributed by atoms with Crippen molar-refractivity contribution < 1.29 is 22.7 Å². The van der Waals surface area contributed by atoms with Crippen molar-refractivity contribution in [2.45, 2.75) is 4.90 Å². The van der Waals surface area contributed by atoms with Gasteiger partial charge in [0.05, 0.1) is 16.1 Å². The predicted molar refractivity (Wildman–Crippen MR) is 82.7 cm³/mol. The molecule has 0 spiro atoms. The average molecular weight is 339 g/mol. The van der Waals surface area contributed by atoms with Crippen LogP contribution in [0.4, 0.5) is 15.9 Å². The van der Waals surface area contributed by atoms with Crippen LogP contribution in [-0.4, -0.2) is 38.6 Å². The molecule has 0 aliphatic heterocycles. The van der Waals surface area contributed by atoms with Gasteiger partial charge in [0, 0.05) is 20.3 Å². The maximum absolute atomic E-state index is 13.2. The molecule has 0 radical (unpaired) electrons. The van der Waals surface area contributed by atoms with Gasteiger partial charge >= 0.3 is 5.97 Å². The molecule has 1 aromatic carbocycles. The summed E-state index contributed by atoms with van der Waals surface area (Å²) in [5.41, 5.74) is -0.188. The minimum atomic E-state index is -4.08. The molecule has 1 aromatic heterocycles. The molecule has 2 N–H and O–H groups in total. The molecule has 2 aromatic rings. The summed E-state index contributed by atoms with van der Waals surface area (Å²) < 4.78 is 40.1. The molecule has 122 valence electrons. The summed E-state index contributed by atoms with van der Waals surface area (Å²) in [6.45, 7) is 0. The summed E-state index contributed by atoms with van der Waals surface area (Å²) >= 11 is 0. The van der Waals surface area contributed by atoms with Gasteiger partial charge in [0.2, 0.25) is 0 Å². The van der Waals surface area contributed by atoms with E-state index in [-0.39, 0.29) is 22.0 Å². The van der Waals surface area contributed by atoms with E-state index in [1.165, 1.54) is 17.0 Å². The van der Waals surface area contributed by atoms with Crippen LogP contribution in [0, 0.1) is 5.82 Å². The average Bonchev–Trinajstić information content (AvgIpc) is 2.46. The third-order valence-corrected chi connectivity index (χ3v) is 4.25. The Balaban J connectivity index is 2.49. The monoisotopic (exact) mass is 339 g/mol. The number of aromatic nitrogens is 1. The predicted octanol–water partition coefficient (Wildman–Crippen LogP) is 1.79. The lowest BCUT2D eigenvalue weighted by atomic mass is 10.2. The van der Waals surface area contributed by atoms with E-state index in [0.717, 1.165) is 24.4 Å². The van der Waals surface area contributed by atoms with E-state index < -0.39 is 21.8 Å². The molecule has 2 rings (SSSR count). The second kappa shape index (κ2) is 6.21. The molecule has 0 saturated carbocycles. The highest BCUT2D eigenvalue weighted by Crippen LogP contribution is 2.26. The zero-order valence-electron chi connectivity index (χ0n) is 12.3. The molecule has 0 fully saturated rings. The Morgan fingerprint density at radius 2 is 2.00 bits per heavy atom. The Bertz CT molecular complexity index is 853. The normalized spacial score (nSPS) is 11.1. The number of rotatable bonds is 5. The number of carbonyl (C=O) groups is 1. The van der Waals surface area contributed by atoms with Gasteiger partial charge in [-0.05, 0) is 24.3 Å². The molecule has 7 nitrogen and oxygen atoms in total. The molecule has 23 heavy (non-hydrogen) atoms. The highest BCUT2D eigenvalue weighted by Gasteiger charge is 2.19. The minimum Gasteiger partial charge on any atom is -0.478 e. The van der Waals surface area contributed by atoms with Gasteiger partial charge < -0.3 is 10.0 Å². The summed E-state index contributed by atoms with van der Waals surface area (Å²) in [5.74, 6) is -1.71. The van der Waals surface area contributed by atoms with Crippen molar-refractivity contribution in [2.75, 3.05) is 23.7 Å². The van der Waals surface area contributed by atoms with Crippen molar-refractivity contribution >= 4 is 27.5 Å². The quantitative estimate of drug-likeness (QED) is 0.861. The smallest absolute Gasteiger partial charge is 0.337 e. The fraction of sp³-hybridized carbons (Fsp3) is 0.143. The zero-order valence-corrected chi connectivity index (χ0v) is 13.1. The second-order valence-corrected chi connectivity index (χ2v) is 6.54. The molecule has 0 atom stereocenters. The number of sulfonamides is 1. The molecule has 9 heteroatoms. The Hall–Kier alpha value is -2.68. The highest BCUT2D eigenvalue weighted by molar-refractivity contribution is 7.92. The van der Waals surface area contributed by atoms with Crippen molar-refractivity contribution in [1.29, 1.82) is 0 Å². The van der Waals surface area contributed by atoms with Gasteiger partial charge in [0.25, 0.3) is 10.0 Å². The van der Waals surface area contributed by atoms with Crippen LogP contribution in [0.25, 0.3) is 0 Å². The number of carboxylic acids is 1.